The van der Waals surface area contributed by atoms with Gasteiger partial charge in [-0.15, -0.1) is 0 Å². The third-order valence-electron chi connectivity index (χ3n) is 1.97. The van der Waals surface area contributed by atoms with Crippen LogP contribution in [0.2, 0.25) is 5.25 Å². The van der Waals surface area contributed by atoms with Crippen molar-refractivity contribution in [1.82, 2.24) is 4.90 Å². The van der Waals surface area contributed by atoms with E-state index in [1.807, 2.05) is 0 Å². The van der Waals surface area contributed by atoms with E-state index in [0.29, 0.717) is 0 Å². The first-order valence-corrected chi connectivity index (χ1v) is 7.54. The SMILES string of the molecule is CCN(CC)CCC[CH2][GeH3]. The number of rotatable bonds is 6. The molecule has 0 radical (unpaired) electrons. The number of unbranched alkanes of at least 4 members (excludes halogenated alkanes) is 1. The topological polar surface area (TPSA) is 3.24 Å². The molecule has 1 nitrogen and oxygen atoms in total. The van der Waals surface area contributed by atoms with Crippen LogP contribution >= 0.6 is 0 Å². The van der Waals surface area contributed by atoms with Crippen LogP contribution in [-0.2, 0) is 0 Å². The van der Waals surface area contributed by atoms with Crippen molar-refractivity contribution in [1.29, 1.82) is 0 Å². The van der Waals surface area contributed by atoms with E-state index in [1.165, 1.54) is 37.7 Å². The Kier molecular flexibility index (Phi) is 7.99. The molecular formula is C8H21GeN. The van der Waals surface area contributed by atoms with Crippen molar-refractivity contribution in [3.05, 3.63) is 0 Å². The zero-order chi connectivity index (χ0) is 7.82. The first kappa shape index (κ1) is 10.5. The third kappa shape index (κ3) is 5.30. The van der Waals surface area contributed by atoms with Gasteiger partial charge in [0, 0.05) is 0 Å². The van der Waals surface area contributed by atoms with Gasteiger partial charge in [0.15, 0.2) is 0 Å². The molecule has 0 saturated carbocycles. The standard InChI is InChI=1S/C8H21GeN/c1-3-10(4-2)8-6-5-7-9/h3-8H2,1-2,9H3. The Balaban J connectivity index is 3.09. The van der Waals surface area contributed by atoms with Crippen LogP contribution in [-0.4, -0.2) is 41.0 Å². The van der Waals surface area contributed by atoms with Crippen LogP contribution < -0.4 is 0 Å². The molecule has 0 aromatic heterocycles. The van der Waals surface area contributed by atoms with Gasteiger partial charge >= 0.3 is 73.0 Å². The number of nitrogens with zero attached hydrogens (tertiary/aromatic N) is 1. The van der Waals surface area contributed by atoms with Gasteiger partial charge in [-0.3, -0.25) is 0 Å². The summed E-state index contributed by atoms with van der Waals surface area (Å²) in [7, 11) is 0. The van der Waals surface area contributed by atoms with Crippen molar-refractivity contribution < 1.29 is 0 Å². The van der Waals surface area contributed by atoms with Gasteiger partial charge in [-0.2, -0.15) is 0 Å². The molecule has 0 saturated heterocycles. The van der Waals surface area contributed by atoms with Gasteiger partial charge in [0.05, 0.1) is 0 Å². The minimum absolute atomic E-state index is 1.08. The van der Waals surface area contributed by atoms with E-state index in [2.05, 4.69) is 18.7 Å². The average Bonchev–Trinajstić information content (AvgIpc) is 1.99. The van der Waals surface area contributed by atoms with Crippen LogP contribution in [0.25, 0.3) is 0 Å². The minimum atomic E-state index is 1.08. The molecule has 0 aliphatic heterocycles. The quantitative estimate of drug-likeness (QED) is 0.458. The fourth-order valence-electron chi connectivity index (χ4n) is 1.13. The maximum atomic E-state index is 2.50. The molecule has 0 N–H and O–H groups in total. The Morgan fingerprint density at radius 1 is 1.10 bits per heavy atom. The number of hydrogen-bond acceptors (Lipinski definition) is 1. The van der Waals surface area contributed by atoms with E-state index in [4.69, 9.17) is 0 Å². The average molecular weight is 204 g/mol. The predicted molar refractivity (Wildman–Crippen MR) is 51.8 cm³/mol. The van der Waals surface area contributed by atoms with E-state index in [-0.39, 0.29) is 0 Å². The van der Waals surface area contributed by atoms with Gasteiger partial charge in [0.2, 0.25) is 0 Å². The fraction of sp³-hybridized carbons (Fsp3) is 1.00. The van der Waals surface area contributed by atoms with Crippen LogP contribution in [0.15, 0.2) is 0 Å². The summed E-state index contributed by atoms with van der Waals surface area (Å²) in [4.78, 5) is 2.50. The monoisotopic (exact) mass is 205 g/mol. The van der Waals surface area contributed by atoms with Crippen molar-refractivity contribution >= 4 is 16.5 Å². The molecule has 0 aliphatic carbocycles. The molecule has 2 heteroatoms. The zero-order valence-corrected chi connectivity index (χ0v) is 11.9. The Bertz CT molecular complexity index is 62.3. The second-order valence-corrected chi connectivity index (χ2v) is 4.83. The van der Waals surface area contributed by atoms with Crippen LogP contribution in [0, 0.1) is 0 Å². The molecule has 0 rings (SSSR count). The summed E-state index contributed by atoms with van der Waals surface area (Å²) in [6.45, 7) is 8.26. The van der Waals surface area contributed by atoms with Crippen LogP contribution in [0.5, 0.6) is 0 Å². The van der Waals surface area contributed by atoms with Crippen molar-refractivity contribution in [3.8, 4) is 0 Å². The van der Waals surface area contributed by atoms with Gasteiger partial charge in [-0.25, -0.2) is 0 Å². The number of hydrogen-bond donors (Lipinski definition) is 0. The van der Waals surface area contributed by atoms with Gasteiger partial charge in [-0.05, 0) is 0 Å². The molecule has 0 aliphatic rings. The molecule has 0 aromatic rings. The van der Waals surface area contributed by atoms with Gasteiger partial charge < -0.3 is 0 Å². The normalized spacial score (nSPS) is 11.1. The summed E-state index contributed by atoms with van der Waals surface area (Å²) in [5, 5.41) is 1.52. The van der Waals surface area contributed by atoms with Crippen molar-refractivity contribution in [2.45, 2.75) is 31.9 Å². The first-order valence-electron chi connectivity index (χ1n) is 4.57. The van der Waals surface area contributed by atoms with Gasteiger partial charge in [0.1, 0.15) is 0 Å². The molecule has 62 valence electrons. The van der Waals surface area contributed by atoms with E-state index in [0.717, 1.165) is 16.5 Å². The summed E-state index contributed by atoms with van der Waals surface area (Å²) in [5.74, 6) is 0. The van der Waals surface area contributed by atoms with Crippen LogP contribution in [0.1, 0.15) is 26.7 Å². The molecule has 0 unspecified atom stereocenters. The summed E-state index contributed by atoms with van der Waals surface area (Å²) in [6, 6.07) is 0. The van der Waals surface area contributed by atoms with Gasteiger partial charge in [-0.1, -0.05) is 0 Å². The second-order valence-electron chi connectivity index (χ2n) is 2.73. The van der Waals surface area contributed by atoms with E-state index in [9.17, 15) is 0 Å². The third-order valence-corrected chi connectivity index (χ3v) is 3.46. The first-order chi connectivity index (χ1) is 4.85. The predicted octanol–water partition coefficient (Wildman–Crippen LogP) is 0.892. The Morgan fingerprint density at radius 2 is 1.70 bits per heavy atom. The molecule has 0 aromatic carbocycles. The van der Waals surface area contributed by atoms with Crippen molar-refractivity contribution in [3.63, 3.8) is 0 Å². The summed E-state index contributed by atoms with van der Waals surface area (Å²) in [5.41, 5.74) is 0. The molecular weight excluding hydrogens is 183 g/mol. The molecule has 0 amide bonds. The maximum absolute atomic E-state index is 2.50. The summed E-state index contributed by atoms with van der Waals surface area (Å²) >= 11 is 1.08. The fourth-order valence-corrected chi connectivity index (χ4v) is 2.17. The van der Waals surface area contributed by atoms with E-state index in [1.54, 1.807) is 0 Å². The summed E-state index contributed by atoms with van der Waals surface area (Å²) in [6.07, 6.45) is 2.89. The van der Waals surface area contributed by atoms with Crippen molar-refractivity contribution in [2.24, 2.45) is 0 Å². The zero-order valence-electron chi connectivity index (χ0n) is 7.69. The molecule has 0 spiro atoms. The Hall–Kier alpha value is 0.503. The molecule has 0 bridgehead atoms. The molecule has 10 heavy (non-hydrogen) atoms. The van der Waals surface area contributed by atoms with Crippen LogP contribution in [0.4, 0.5) is 0 Å². The Morgan fingerprint density at radius 3 is 2.10 bits per heavy atom. The van der Waals surface area contributed by atoms with Crippen molar-refractivity contribution in [2.75, 3.05) is 19.6 Å². The van der Waals surface area contributed by atoms with Gasteiger partial charge in [0.25, 0.3) is 0 Å². The Labute approximate surface area is 73.4 Å². The summed E-state index contributed by atoms with van der Waals surface area (Å²) < 4.78 is 0. The molecule has 0 heterocycles. The van der Waals surface area contributed by atoms with E-state index < -0.39 is 0 Å². The molecule has 0 fully saturated rings. The second kappa shape index (κ2) is 7.61. The molecule has 0 atom stereocenters. The van der Waals surface area contributed by atoms with E-state index >= 15 is 0 Å². The van der Waals surface area contributed by atoms with Crippen LogP contribution in [0.3, 0.4) is 0 Å².